The van der Waals surface area contributed by atoms with Crippen LogP contribution in [0.15, 0.2) is 30.3 Å². The summed E-state index contributed by atoms with van der Waals surface area (Å²) >= 11 is 1.38. The average molecular weight is 464 g/mol. The van der Waals surface area contributed by atoms with Crippen LogP contribution in [0.25, 0.3) is 10.2 Å². The number of amides is 1. The Balaban J connectivity index is 1.17. The van der Waals surface area contributed by atoms with Gasteiger partial charge in [0.1, 0.15) is 9.71 Å². The van der Waals surface area contributed by atoms with Crippen molar-refractivity contribution < 1.29 is 9.53 Å². The second-order valence-electron chi connectivity index (χ2n) is 9.44. The van der Waals surface area contributed by atoms with Crippen LogP contribution in [0.3, 0.4) is 0 Å². The lowest BCUT2D eigenvalue weighted by Crippen LogP contribution is -2.49. The van der Waals surface area contributed by atoms with E-state index in [1.165, 1.54) is 28.2 Å². The number of morpholine rings is 1. The summed E-state index contributed by atoms with van der Waals surface area (Å²) < 4.78 is 5.93. The Morgan fingerprint density at radius 3 is 3.09 bits per heavy atom. The molecule has 1 aliphatic carbocycles. The number of carbonyl (C=O) groups is 1. The van der Waals surface area contributed by atoms with Gasteiger partial charge in [-0.25, -0.2) is 4.98 Å². The Morgan fingerprint density at radius 1 is 1.27 bits per heavy atom. The van der Waals surface area contributed by atoms with Gasteiger partial charge in [-0.15, -0.1) is 11.3 Å². The molecule has 0 spiro atoms. The molecular formula is C25H29N5O2S. The van der Waals surface area contributed by atoms with Crippen molar-refractivity contribution in [3.05, 3.63) is 52.0 Å². The Hall–Kier alpha value is -2.68. The first-order chi connectivity index (χ1) is 16.0. The van der Waals surface area contributed by atoms with Crippen molar-refractivity contribution in [2.24, 2.45) is 0 Å². The maximum atomic E-state index is 13.0. The molecule has 3 atom stereocenters. The number of aromatic nitrogens is 1. The van der Waals surface area contributed by atoms with Crippen LogP contribution in [-0.2, 0) is 17.6 Å². The molecule has 7 nitrogen and oxygen atoms in total. The number of hydrogen-bond donors (Lipinski definition) is 3. The van der Waals surface area contributed by atoms with E-state index in [4.69, 9.17) is 10.5 Å². The predicted octanol–water partition coefficient (Wildman–Crippen LogP) is 2.65. The second kappa shape index (κ2) is 8.27. The number of nitrogens with zero attached hydrogens (tertiary/aromatic N) is 2. The number of hydrogen-bond acceptors (Lipinski definition) is 7. The van der Waals surface area contributed by atoms with Crippen molar-refractivity contribution >= 4 is 38.8 Å². The lowest BCUT2D eigenvalue weighted by Gasteiger charge is -2.38. The molecule has 4 aliphatic rings. The van der Waals surface area contributed by atoms with Gasteiger partial charge in [-0.2, -0.15) is 0 Å². The summed E-state index contributed by atoms with van der Waals surface area (Å²) in [7, 11) is 0. The van der Waals surface area contributed by atoms with Gasteiger partial charge in [-0.3, -0.25) is 4.79 Å². The molecule has 3 aromatic rings. The quantitative estimate of drug-likeness (QED) is 0.553. The Kier molecular flexibility index (Phi) is 5.24. The van der Waals surface area contributed by atoms with E-state index < -0.39 is 0 Å². The largest absolute Gasteiger partial charge is 0.397 e. The number of anilines is 2. The molecule has 1 amide bonds. The molecule has 7 rings (SSSR count). The summed E-state index contributed by atoms with van der Waals surface area (Å²) in [5.41, 5.74) is 11.8. The highest BCUT2D eigenvalue weighted by molar-refractivity contribution is 7.21. The smallest absolute Gasteiger partial charge is 0.263 e. The number of fused-ring (bicyclic) bond motifs is 6. The zero-order valence-electron chi connectivity index (χ0n) is 18.8. The van der Waals surface area contributed by atoms with E-state index in [9.17, 15) is 4.79 Å². The van der Waals surface area contributed by atoms with E-state index in [1.807, 2.05) is 19.1 Å². The van der Waals surface area contributed by atoms with Gasteiger partial charge in [-0.05, 0) is 61.6 Å². The first kappa shape index (κ1) is 20.9. The number of nitrogens with one attached hydrogen (secondary N) is 2. The molecule has 0 radical (unpaired) electrons. The van der Waals surface area contributed by atoms with Crippen LogP contribution in [0.5, 0.6) is 0 Å². The van der Waals surface area contributed by atoms with Crippen LogP contribution in [0.2, 0.25) is 0 Å². The highest BCUT2D eigenvalue weighted by Crippen LogP contribution is 2.33. The highest BCUT2D eigenvalue weighted by Gasteiger charge is 2.33. The maximum absolute atomic E-state index is 13.0. The summed E-state index contributed by atoms with van der Waals surface area (Å²) in [6.07, 6.45) is 3.01. The molecule has 33 heavy (non-hydrogen) atoms. The lowest BCUT2D eigenvalue weighted by atomic mass is 9.87. The van der Waals surface area contributed by atoms with Crippen molar-refractivity contribution in [2.75, 3.05) is 36.9 Å². The molecule has 3 fully saturated rings. The fourth-order valence-electron chi connectivity index (χ4n) is 5.33. The van der Waals surface area contributed by atoms with Crippen molar-refractivity contribution in [2.45, 2.75) is 44.4 Å². The van der Waals surface area contributed by atoms with E-state index in [1.54, 1.807) is 0 Å². The zero-order valence-corrected chi connectivity index (χ0v) is 19.6. The normalized spacial score (nSPS) is 24.5. The predicted molar refractivity (Wildman–Crippen MR) is 132 cm³/mol. The monoisotopic (exact) mass is 463 g/mol. The average Bonchev–Trinajstić information content (AvgIpc) is 2.98. The molecule has 0 saturated carbocycles. The zero-order chi connectivity index (χ0) is 22.5. The molecule has 2 unspecified atom stereocenters. The number of nitrogens with two attached hydrogens (primary N) is 1. The van der Waals surface area contributed by atoms with E-state index in [2.05, 4.69) is 38.7 Å². The number of aryl methyl sites for hydroxylation is 2. The third-order valence-corrected chi connectivity index (χ3v) is 8.26. The number of nitrogen functional groups attached to an aromatic ring is 1. The summed E-state index contributed by atoms with van der Waals surface area (Å²) in [6, 6.07) is 11.2. The molecule has 3 aliphatic heterocycles. The third-order valence-electron chi connectivity index (χ3n) is 7.14. The van der Waals surface area contributed by atoms with Crippen molar-refractivity contribution in [3.63, 3.8) is 0 Å². The number of ether oxygens (including phenoxy) is 1. The topological polar surface area (TPSA) is 92.5 Å². The molecule has 4 N–H and O–H groups in total. The number of carbonyl (C=O) groups excluding carboxylic acids is 1. The molecule has 172 valence electrons. The number of pyridine rings is 1. The molecule has 8 heteroatoms. The van der Waals surface area contributed by atoms with Gasteiger partial charge in [0, 0.05) is 42.4 Å². The minimum Gasteiger partial charge on any atom is -0.397 e. The number of benzene rings is 1. The second-order valence-corrected chi connectivity index (χ2v) is 10.4. The first-order valence-electron chi connectivity index (χ1n) is 11.7. The summed E-state index contributed by atoms with van der Waals surface area (Å²) in [6.45, 7) is 5.58. The van der Waals surface area contributed by atoms with Crippen molar-refractivity contribution in [1.29, 1.82) is 0 Å². The van der Waals surface area contributed by atoms with Gasteiger partial charge in [0.15, 0.2) is 0 Å². The van der Waals surface area contributed by atoms with Gasteiger partial charge >= 0.3 is 0 Å². The standard InChI is InChI=1S/C25H29N5O2S/c1-14-2-7-21-22(26)23(33-25(21)28-14)24(31)29-17-5-3-16-9-18(6-4-15(16)8-17)30-12-20-11-27-10-19(30)13-32-20/h2,4,6-7,9,17,19-20,27H,3,5,8,10-13,26H2,1H3,(H,29,31)/t17-,19?,20?/m0/s1. The van der Waals surface area contributed by atoms with Gasteiger partial charge in [0.25, 0.3) is 5.91 Å². The highest BCUT2D eigenvalue weighted by atomic mass is 32.1. The number of rotatable bonds is 3. The summed E-state index contributed by atoms with van der Waals surface area (Å²) in [5.74, 6) is -0.0914. The Bertz CT molecular complexity index is 1220. The van der Waals surface area contributed by atoms with Crippen LogP contribution in [0.4, 0.5) is 11.4 Å². The van der Waals surface area contributed by atoms with Crippen LogP contribution >= 0.6 is 11.3 Å². The Labute approximate surface area is 197 Å². The molecule has 3 saturated heterocycles. The van der Waals surface area contributed by atoms with Crippen LogP contribution < -0.4 is 21.3 Å². The van der Waals surface area contributed by atoms with Gasteiger partial charge in [0.05, 0.1) is 24.4 Å². The van der Waals surface area contributed by atoms with Crippen LogP contribution in [0, 0.1) is 6.92 Å². The van der Waals surface area contributed by atoms with E-state index >= 15 is 0 Å². The molecule has 2 bridgehead atoms. The van der Waals surface area contributed by atoms with E-state index in [-0.39, 0.29) is 18.1 Å². The van der Waals surface area contributed by atoms with Crippen LogP contribution in [0.1, 0.15) is 32.9 Å². The minimum absolute atomic E-state index is 0.0914. The molecule has 1 aromatic carbocycles. The first-order valence-corrected chi connectivity index (χ1v) is 12.5. The van der Waals surface area contributed by atoms with E-state index in [0.29, 0.717) is 16.6 Å². The minimum atomic E-state index is -0.0914. The third kappa shape index (κ3) is 3.86. The SMILES string of the molecule is Cc1ccc2c(N)c(C(=O)N[C@H]3CCc4cc(N5CC6CNCC5CO6)ccc4C3)sc2n1. The summed E-state index contributed by atoms with van der Waals surface area (Å²) in [4.78, 5) is 21.4. The molecule has 5 heterocycles. The number of thiophene rings is 1. The van der Waals surface area contributed by atoms with Crippen LogP contribution in [-0.4, -0.2) is 55.3 Å². The van der Waals surface area contributed by atoms with E-state index in [0.717, 1.165) is 61.4 Å². The lowest BCUT2D eigenvalue weighted by molar-refractivity contribution is 0.0391. The van der Waals surface area contributed by atoms with Gasteiger partial charge in [0.2, 0.25) is 0 Å². The van der Waals surface area contributed by atoms with Gasteiger partial charge < -0.3 is 26.0 Å². The fraction of sp³-hybridized carbons (Fsp3) is 0.440. The Morgan fingerprint density at radius 2 is 2.18 bits per heavy atom. The van der Waals surface area contributed by atoms with Gasteiger partial charge in [-0.1, -0.05) is 6.07 Å². The molecule has 2 aromatic heterocycles. The van der Waals surface area contributed by atoms with Crippen molar-refractivity contribution in [1.82, 2.24) is 15.6 Å². The fourth-order valence-corrected chi connectivity index (χ4v) is 6.37. The summed E-state index contributed by atoms with van der Waals surface area (Å²) in [5, 5.41) is 7.60. The maximum Gasteiger partial charge on any atom is 0.263 e. The van der Waals surface area contributed by atoms with Crippen molar-refractivity contribution in [3.8, 4) is 0 Å². The molecular weight excluding hydrogens is 434 g/mol.